The number of nitrogens with zero attached hydrogens (tertiary/aromatic N) is 1. The number of carbonyl (C=O) groups excluding carboxylic acids is 1. The zero-order valence-corrected chi connectivity index (χ0v) is 18.4. The Kier molecular flexibility index (Phi) is 12.0. The van der Waals surface area contributed by atoms with Crippen LogP contribution in [0.3, 0.4) is 0 Å². The molecule has 0 aromatic heterocycles. The van der Waals surface area contributed by atoms with Crippen molar-refractivity contribution in [2.24, 2.45) is 5.73 Å². The van der Waals surface area contributed by atoms with Gasteiger partial charge in [-0.1, -0.05) is 24.3 Å². The molecule has 1 saturated heterocycles. The third-order valence-electron chi connectivity index (χ3n) is 4.96. The Balaban J connectivity index is 0.000000300. The van der Waals surface area contributed by atoms with Crippen LogP contribution in [0.15, 0.2) is 48.5 Å². The first-order valence-corrected chi connectivity index (χ1v) is 10.4. The standard InChI is InChI=1S/C14H21NO.C9H8F3NO.C2H2/c1-16-14-8-6-13(7-9-14)5-4-12-15-10-2-3-11-15;10-9(11,12)7-3-1-6(2-4-7)5-8(13)14;1-2/h6-9H,2-5,10-12H2,1H3;1-4H,5H2,(H2,13,14);1-2H. The molecule has 174 valence electrons. The van der Waals surface area contributed by atoms with Gasteiger partial charge in [0.05, 0.1) is 19.1 Å². The van der Waals surface area contributed by atoms with Crippen molar-refractivity contribution >= 4 is 5.91 Å². The number of likely N-dealkylation sites (tertiary alicyclic amines) is 1. The maximum Gasteiger partial charge on any atom is 0.416 e. The summed E-state index contributed by atoms with van der Waals surface area (Å²) < 4.78 is 41.4. The number of ether oxygens (including phenoxy) is 1. The summed E-state index contributed by atoms with van der Waals surface area (Å²) in [5.41, 5.74) is 6.05. The lowest BCUT2D eigenvalue weighted by molar-refractivity contribution is -0.137. The highest BCUT2D eigenvalue weighted by atomic mass is 19.4. The molecule has 2 N–H and O–H groups in total. The van der Waals surface area contributed by atoms with E-state index >= 15 is 0 Å². The summed E-state index contributed by atoms with van der Waals surface area (Å²) in [7, 11) is 1.71. The maximum atomic E-state index is 12.1. The molecule has 0 bridgehead atoms. The molecule has 0 unspecified atom stereocenters. The molecule has 0 saturated carbocycles. The zero-order valence-electron chi connectivity index (χ0n) is 18.4. The summed E-state index contributed by atoms with van der Waals surface area (Å²) >= 11 is 0. The van der Waals surface area contributed by atoms with Crippen molar-refractivity contribution in [3.63, 3.8) is 0 Å². The summed E-state index contributed by atoms with van der Waals surface area (Å²) in [6.07, 6.45) is 8.85. The number of hydrogen-bond donors (Lipinski definition) is 1. The zero-order chi connectivity index (χ0) is 24.0. The van der Waals surface area contributed by atoms with E-state index in [0.29, 0.717) is 5.56 Å². The molecule has 3 rings (SSSR count). The van der Waals surface area contributed by atoms with Crippen molar-refractivity contribution in [3.05, 3.63) is 65.2 Å². The Morgan fingerprint density at radius 2 is 1.53 bits per heavy atom. The number of carbonyl (C=O) groups is 1. The van der Waals surface area contributed by atoms with Crippen molar-refractivity contribution in [1.29, 1.82) is 0 Å². The number of terminal acetylenes is 1. The molecule has 7 heteroatoms. The topological polar surface area (TPSA) is 55.6 Å². The summed E-state index contributed by atoms with van der Waals surface area (Å²) in [5, 5.41) is 0. The normalized spacial score (nSPS) is 13.3. The van der Waals surface area contributed by atoms with Gasteiger partial charge in [-0.15, -0.1) is 12.8 Å². The molecule has 0 spiro atoms. The van der Waals surface area contributed by atoms with E-state index in [9.17, 15) is 18.0 Å². The first-order chi connectivity index (χ1) is 15.3. The Labute approximate surface area is 188 Å². The van der Waals surface area contributed by atoms with E-state index in [4.69, 9.17) is 10.5 Å². The van der Waals surface area contributed by atoms with E-state index in [1.165, 1.54) is 63.0 Å². The molecule has 2 aromatic carbocycles. The first-order valence-electron chi connectivity index (χ1n) is 10.4. The number of aryl methyl sites for hydroxylation is 1. The number of nitrogens with two attached hydrogens (primary N) is 1. The Morgan fingerprint density at radius 3 is 2.00 bits per heavy atom. The minimum atomic E-state index is -4.34. The molecule has 1 heterocycles. The van der Waals surface area contributed by atoms with Gasteiger partial charge in [-0.3, -0.25) is 4.79 Å². The van der Waals surface area contributed by atoms with Crippen LogP contribution in [0.5, 0.6) is 5.75 Å². The molecule has 2 aromatic rings. The Bertz CT molecular complexity index is 810. The molecule has 1 fully saturated rings. The lowest BCUT2D eigenvalue weighted by atomic mass is 10.1. The van der Waals surface area contributed by atoms with Gasteiger partial charge >= 0.3 is 6.18 Å². The van der Waals surface area contributed by atoms with E-state index in [2.05, 4.69) is 29.9 Å². The lowest BCUT2D eigenvalue weighted by Gasteiger charge is -2.13. The van der Waals surface area contributed by atoms with Crippen LogP contribution in [0.25, 0.3) is 0 Å². The first kappa shape index (κ1) is 27.1. The number of amides is 1. The minimum absolute atomic E-state index is 0.0435. The minimum Gasteiger partial charge on any atom is -0.497 e. The van der Waals surface area contributed by atoms with Gasteiger partial charge in [0, 0.05) is 0 Å². The highest BCUT2D eigenvalue weighted by Gasteiger charge is 2.29. The molecule has 4 nitrogen and oxygen atoms in total. The molecule has 1 amide bonds. The second kappa shape index (κ2) is 14.2. The van der Waals surface area contributed by atoms with Crippen LogP contribution in [-0.4, -0.2) is 37.6 Å². The van der Waals surface area contributed by atoms with Gasteiger partial charge in [0.1, 0.15) is 5.75 Å². The highest BCUT2D eigenvalue weighted by Crippen LogP contribution is 2.29. The second-order valence-corrected chi connectivity index (χ2v) is 7.34. The summed E-state index contributed by atoms with van der Waals surface area (Å²) in [5.74, 6) is 0.382. The van der Waals surface area contributed by atoms with Gasteiger partial charge in [-0.05, 0) is 80.7 Å². The van der Waals surface area contributed by atoms with Crippen molar-refractivity contribution in [1.82, 2.24) is 4.90 Å². The molecular formula is C25H31F3N2O2. The van der Waals surface area contributed by atoms with Crippen molar-refractivity contribution < 1.29 is 22.7 Å². The Hall–Kier alpha value is -2.98. The number of rotatable bonds is 7. The number of halogens is 3. The van der Waals surface area contributed by atoms with Crippen LogP contribution in [-0.2, 0) is 23.8 Å². The molecule has 32 heavy (non-hydrogen) atoms. The number of hydrogen-bond acceptors (Lipinski definition) is 3. The summed E-state index contributed by atoms with van der Waals surface area (Å²) in [4.78, 5) is 13.0. The molecule has 0 radical (unpaired) electrons. The van der Waals surface area contributed by atoms with E-state index in [-0.39, 0.29) is 6.42 Å². The van der Waals surface area contributed by atoms with Crippen LogP contribution in [0.4, 0.5) is 13.2 Å². The van der Waals surface area contributed by atoms with Crippen molar-refractivity contribution in [2.45, 2.75) is 38.3 Å². The summed E-state index contributed by atoms with van der Waals surface area (Å²) in [6, 6.07) is 12.8. The molecule has 0 atom stereocenters. The third kappa shape index (κ3) is 10.4. The number of alkyl halides is 3. The SMILES string of the molecule is C#C.COc1ccc(CCCN2CCCC2)cc1.NC(=O)Cc1ccc(C(F)(F)F)cc1. The predicted octanol–water partition coefficient (Wildman–Crippen LogP) is 4.71. The van der Waals surface area contributed by atoms with Crippen LogP contribution in [0.2, 0.25) is 0 Å². The fourth-order valence-corrected chi connectivity index (χ4v) is 3.32. The number of benzene rings is 2. The average molecular weight is 449 g/mol. The van der Waals surface area contributed by atoms with Gasteiger partial charge in [-0.2, -0.15) is 13.2 Å². The van der Waals surface area contributed by atoms with Gasteiger partial charge in [0.15, 0.2) is 0 Å². The summed E-state index contributed by atoms with van der Waals surface area (Å²) in [6.45, 7) is 3.87. The molecule has 1 aliphatic rings. The van der Waals surface area contributed by atoms with Gasteiger partial charge in [-0.25, -0.2) is 0 Å². The smallest absolute Gasteiger partial charge is 0.416 e. The second-order valence-electron chi connectivity index (χ2n) is 7.34. The number of primary amides is 1. The number of methoxy groups -OCH3 is 1. The Morgan fingerprint density at radius 1 is 1.00 bits per heavy atom. The molecule has 1 aliphatic heterocycles. The van der Waals surface area contributed by atoms with E-state index in [0.717, 1.165) is 17.9 Å². The van der Waals surface area contributed by atoms with Gasteiger partial charge < -0.3 is 15.4 Å². The third-order valence-corrected chi connectivity index (χ3v) is 4.96. The van der Waals surface area contributed by atoms with E-state index < -0.39 is 17.6 Å². The maximum absolute atomic E-state index is 12.1. The average Bonchev–Trinajstić information content (AvgIpc) is 3.29. The fourth-order valence-electron chi connectivity index (χ4n) is 3.32. The van der Waals surface area contributed by atoms with Gasteiger partial charge in [0.2, 0.25) is 5.91 Å². The molecular weight excluding hydrogens is 417 g/mol. The van der Waals surface area contributed by atoms with E-state index in [1.807, 2.05) is 12.1 Å². The van der Waals surface area contributed by atoms with Crippen LogP contribution >= 0.6 is 0 Å². The fraction of sp³-hybridized carbons (Fsp3) is 0.400. The van der Waals surface area contributed by atoms with Crippen molar-refractivity contribution in [3.8, 4) is 18.6 Å². The van der Waals surface area contributed by atoms with Crippen LogP contribution in [0, 0.1) is 12.8 Å². The lowest BCUT2D eigenvalue weighted by Crippen LogP contribution is -2.20. The van der Waals surface area contributed by atoms with Gasteiger partial charge in [0.25, 0.3) is 0 Å². The van der Waals surface area contributed by atoms with Crippen LogP contribution in [0.1, 0.15) is 36.0 Å². The van der Waals surface area contributed by atoms with Crippen LogP contribution < -0.4 is 10.5 Å². The highest BCUT2D eigenvalue weighted by molar-refractivity contribution is 5.76. The quantitative estimate of drug-likeness (QED) is 0.625. The van der Waals surface area contributed by atoms with E-state index in [1.54, 1.807) is 7.11 Å². The molecule has 0 aliphatic carbocycles. The predicted molar refractivity (Wildman–Crippen MR) is 121 cm³/mol. The van der Waals surface area contributed by atoms with Crippen molar-refractivity contribution in [2.75, 3.05) is 26.7 Å². The largest absolute Gasteiger partial charge is 0.497 e. The monoisotopic (exact) mass is 448 g/mol.